The van der Waals surface area contributed by atoms with Crippen LogP contribution >= 0.6 is 17.0 Å². The number of aromatic nitrogens is 1. The third kappa shape index (κ3) is 4.94. The average molecular weight is 367 g/mol. The number of hydrogen-bond acceptors (Lipinski definition) is 2. The molecule has 3 nitrogen and oxygen atoms in total. The molecule has 0 aliphatic carbocycles. The molecule has 0 spiro atoms. The Morgan fingerprint density at radius 2 is 1.71 bits per heavy atom. The molecule has 5 heteroatoms. The van der Waals surface area contributed by atoms with Crippen molar-refractivity contribution in [1.82, 2.24) is 0 Å². The fourth-order valence-corrected chi connectivity index (χ4v) is 2.11. The minimum absolute atomic E-state index is 0. The van der Waals surface area contributed by atoms with Gasteiger partial charge in [-0.05, 0) is 19.3 Å². The molecular formula is C12H21Br2N3. The van der Waals surface area contributed by atoms with Crippen LogP contribution in [0.2, 0.25) is 0 Å². The van der Waals surface area contributed by atoms with E-state index in [4.69, 9.17) is 5.73 Å². The average Bonchev–Trinajstić information content (AvgIpc) is 2.32. The smallest absolute Gasteiger partial charge is 0.170 e. The van der Waals surface area contributed by atoms with Crippen LogP contribution in [0, 0.1) is 0 Å². The van der Waals surface area contributed by atoms with Gasteiger partial charge in [0.05, 0.1) is 6.54 Å². The Labute approximate surface area is 125 Å². The summed E-state index contributed by atoms with van der Waals surface area (Å²) in [5, 5.41) is 0. The van der Waals surface area contributed by atoms with Gasteiger partial charge in [-0.2, -0.15) is 0 Å². The lowest BCUT2D eigenvalue weighted by Crippen LogP contribution is -3.00. The predicted octanol–water partition coefficient (Wildman–Crippen LogP) is -1.49. The number of hydrogen-bond donors (Lipinski definition) is 1. The van der Waals surface area contributed by atoms with Crippen LogP contribution in [-0.4, -0.2) is 19.6 Å². The number of pyridine rings is 1. The van der Waals surface area contributed by atoms with E-state index in [0.29, 0.717) is 6.54 Å². The minimum Gasteiger partial charge on any atom is -1.00 e. The van der Waals surface area contributed by atoms with Gasteiger partial charge in [-0.1, -0.05) is 0 Å². The summed E-state index contributed by atoms with van der Waals surface area (Å²) in [6.45, 7) is 4.02. The number of anilines is 1. The van der Waals surface area contributed by atoms with E-state index in [-0.39, 0.29) is 34.0 Å². The van der Waals surface area contributed by atoms with Gasteiger partial charge in [0.2, 0.25) is 0 Å². The maximum Gasteiger partial charge on any atom is 0.170 e. The minimum atomic E-state index is 0. The highest BCUT2D eigenvalue weighted by Gasteiger charge is 2.11. The van der Waals surface area contributed by atoms with Crippen molar-refractivity contribution >= 4 is 22.7 Å². The van der Waals surface area contributed by atoms with Gasteiger partial charge < -0.3 is 27.6 Å². The van der Waals surface area contributed by atoms with Crippen LogP contribution in [0.1, 0.15) is 19.3 Å². The summed E-state index contributed by atoms with van der Waals surface area (Å²) < 4.78 is 2.13. The topological polar surface area (TPSA) is 33.1 Å². The quantitative estimate of drug-likeness (QED) is 0.661. The van der Waals surface area contributed by atoms with Gasteiger partial charge in [-0.15, -0.1) is 17.0 Å². The Balaban J connectivity index is 0.00000128. The maximum absolute atomic E-state index is 5.51. The highest BCUT2D eigenvalue weighted by atomic mass is 79.9. The normalized spacial score (nSPS) is 14.8. The highest BCUT2D eigenvalue weighted by Crippen LogP contribution is 2.17. The lowest BCUT2D eigenvalue weighted by atomic mass is 10.1. The Morgan fingerprint density at radius 3 is 2.24 bits per heavy atom. The second-order valence-corrected chi connectivity index (χ2v) is 4.13. The van der Waals surface area contributed by atoms with Gasteiger partial charge in [0, 0.05) is 30.9 Å². The van der Waals surface area contributed by atoms with Crippen LogP contribution in [0.25, 0.3) is 0 Å². The molecule has 0 saturated carbocycles. The first-order valence-electron chi connectivity index (χ1n) is 5.84. The number of nitrogens with two attached hydrogens (primary N) is 1. The van der Waals surface area contributed by atoms with E-state index in [2.05, 4.69) is 34.0 Å². The van der Waals surface area contributed by atoms with E-state index in [0.717, 1.165) is 6.54 Å². The fraction of sp³-hybridized carbons (Fsp3) is 0.583. The third-order valence-electron chi connectivity index (χ3n) is 2.98. The SMILES string of the molecule is Br.NCC[n+]1ccc(N2CCCCC2)cc1.[Br-]. The van der Waals surface area contributed by atoms with Gasteiger partial charge in [0.25, 0.3) is 0 Å². The Kier molecular flexibility index (Phi) is 8.82. The van der Waals surface area contributed by atoms with Crippen molar-refractivity contribution in [3.63, 3.8) is 0 Å². The van der Waals surface area contributed by atoms with Crippen LogP contribution in [-0.2, 0) is 6.54 Å². The molecule has 0 radical (unpaired) electrons. The Bertz CT molecular complexity index is 297. The van der Waals surface area contributed by atoms with Crippen molar-refractivity contribution in [2.75, 3.05) is 24.5 Å². The summed E-state index contributed by atoms with van der Waals surface area (Å²) in [4.78, 5) is 2.47. The first-order chi connectivity index (χ1) is 7.40. The zero-order chi connectivity index (χ0) is 10.5. The van der Waals surface area contributed by atoms with Crippen molar-refractivity contribution in [2.45, 2.75) is 25.8 Å². The first-order valence-corrected chi connectivity index (χ1v) is 5.84. The summed E-state index contributed by atoms with van der Waals surface area (Å²) in [6, 6.07) is 4.39. The summed E-state index contributed by atoms with van der Waals surface area (Å²) in [5.41, 5.74) is 6.86. The summed E-state index contributed by atoms with van der Waals surface area (Å²) in [6.07, 6.45) is 8.29. The van der Waals surface area contributed by atoms with E-state index in [1.165, 1.54) is 38.0 Å². The van der Waals surface area contributed by atoms with E-state index in [1.807, 2.05) is 0 Å². The molecule has 2 N–H and O–H groups in total. The number of halogens is 2. The van der Waals surface area contributed by atoms with E-state index in [9.17, 15) is 0 Å². The van der Waals surface area contributed by atoms with Crippen LogP contribution in [0.15, 0.2) is 24.5 Å². The standard InChI is InChI=1S/C12H20N3.2BrH/c13-6-11-14-9-4-12(5-10-14)15-7-2-1-3-8-15;;/h4-5,9-10H,1-3,6-8,11,13H2;2*1H/q+1;;/p-1. The molecule has 0 bridgehead atoms. The summed E-state index contributed by atoms with van der Waals surface area (Å²) in [5.74, 6) is 0. The zero-order valence-corrected chi connectivity index (χ0v) is 13.3. The van der Waals surface area contributed by atoms with Gasteiger partial charge in [0.1, 0.15) is 0 Å². The molecule has 98 valence electrons. The van der Waals surface area contributed by atoms with E-state index < -0.39 is 0 Å². The zero-order valence-electron chi connectivity index (χ0n) is 10.0. The highest BCUT2D eigenvalue weighted by molar-refractivity contribution is 8.93. The van der Waals surface area contributed by atoms with Crippen molar-refractivity contribution in [3.05, 3.63) is 24.5 Å². The van der Waals surface area contributed by atoms with Crippen LogP contribution in [0.3, 0.4) is 0 Å². The Morgan fingerprint density at radius 1 is 1.12 bits per heavy atom. The lowest BCUT2D eigenvalue weighted by molar-refractivity contribution is -0.694. The molecule has 2 heterocycles. The number of nitrogens with zero attached hydrogens (tertiary/aromatic N) is 2. The van der Waals surface area contributed by atoms with Crippen molar-refractivity contribution in [3.8, 4) is 0 Å². The second kappa shape index (κ2) is 8.89. The van der Waals surface area contributed by atoms with E-state index in [1.54, 1.807) is 0 Å². The summed E-state index contributed by atoms with van der Waals surface area (Å²) in [7, 11) is 0. The molecule has 1 fully saturated rings. The Hall–Kier alpha value is -0.130. The molecule has 1 saturated heterocycles. The third-order valence-corrected chi connectivity index (χ3v) is 2.98. The van der Waals surface area contributed by atoms with Gasteiger partial charge in [-0.25, -0.2) is 4.57 Å². The van der Waals surface area contributed by atoms with Crippen molar-refractivity contribution in [1.29, 1.82) is 0 Å². The molecule has 0 amide bonds. The van der Waals surface area contributed by atoms with Crippen LogP contribution in [0.4, 0.5) is 5.69 Å². The van der Waals surface area contributed by atoms with E-state index >= 15 is 0 Å². The van der Waals surface area contributed by atoms with Gasteiger partial charge >= 0.3 is 0 Å². The monoisotopic (exact) mass is 365 g/mol. The number of rotatable bonds is 3. The van der Waals surface area contributed by atoms with Gasteiger partial charge in [0.15, 0.2) is 18.9 Å². The number of piperidine rings is 1. The molecular weight excluding hydrogens is 346 g/mol. The van der Waals surface area contributed by atoms with Gasteiger partial charge in [-0.3, -0.25) is 0 Å². The van der Waals surface area contributed by atoms with Crippen LogP contribution < -0.4 is 32.2 Å². The van der Waals surface area contributed by atoms with Crippen LogP contribution in [0.5, 0.6) is 0 Å². The predicted molar refractivity (Wildman–Crippen MR) is 72.1 cm³/mol. The molecule has 0 aromatic carbocycles. The molecule has 17 heavy (non-hydrogen) atoms. The first kappa shape index (κ1) is 16.9. The molecule has 1 aromatic heterocycles. The second-order valence-electron chi connectivity index (χ2n) is 4.13. The molecule has 2 rings (SSSR count). The molecule has 1 aromatic rings. The summed E-state index contributed by atoms with van der Waals surface area (Å²) >= 11 is 0. The molecule has 1 aliphatic rings. The molecule has 0 unspecified atom stereocenters. The lowest BCUT2D eigenvalue weighted by Gasteiger charge is -2.28. The largest absolute Gasteiger partial charge is 1.00 e. The maximum atomic E-state index is 5.51. The fourth-order valence-electron chi connectivity index (χ4n) is 2.11. The van der Waals surface area contributed by atoms with Crippen molar-refractivity contribution in [2.24, 2.45) is 5.73 Å². The molecule has 1 aliphatic heterocycles. The molecule has 0 atom stereocenters. The van der Waals surface area contributed by atoms with Crippen molar-refractivity contribution < 1.29 is 21.5 Å².